The lowest BCUT2D eigenvalue weighted by atomic mass is 10.3. The third kappa shape index (κ3) is 4.43. The number of nitrogens with one attached hydrogen (secondary N) is 2. The fourth-order valence-corrected chi connectivity index (χ4v) is 1.62. The average Bonchev–Trinajstić information content (AvgIpc) is 2.47. The van der Waals surface area contributed by atoms with Gasteiger partial charge in [0.15, 0.2) is 0 Å². The largest absolute Gasteiger partial charge is 0.573 e. The fraction of sp³-hybridized carbons (Fsp3) is 0.167. The van der Waals surface area contributed by atoms with Gasteiger partial charge in [-0.15, -0.1) is 13.2 Å². The van der Waals surface area contributed by atoms with Crippen LogP contribution in [0.1, 0.15) is 0 Å². The minimum absolute atomic E-state index is 0.00419. The summed E-state index contributed by atoms with van der Waals surface area (Å²) in [5, 5.41) is 16.0. The number of hydrogen-bond acceptors (Lipinski definition) is 7. The first-order chi connectivity index (χ1) is 10.8. The predicted octanol–water partition coefficient (Wildman–Crippen LogP) is 3.07. The molecule has 122 valence electrons. The van der Waals surface area contributed by atoms with Crippen LogP contribution >= 0.6 is 0 Å². The van der Waals surface area contributed by atoms with Crippen LogP contribution in [0.4, 0.5) is 36.3 Å². The van der Waals surface area contributed by atoms with E-state index in [4.69, 9.17) is 0 Å². The molecule has 0 spiro atoms. The quantitative estimate of drug-likeness (QED) is 0.642. The number of aromatic nitrogens is 2. The number of rotatable bonds is 5. The summed E-state index contributed by atoms with van der Waals surface area (Å²) in [6.45, 7) is 0. The monoisotopic (exact) mass is 329 g/mol. The van der Waals surface area contributed by atoms with E-state index in [0.717, 1.165) is 18.3 Å². The highest BCUT2D eigenvalue weighted by Gasteiger charge is 2.30. The van der Waals surface area contributed by atoms with E-state index >= 15 is 0 Å². The summed E-state index contributed by atoms with van der Waals surface area (Å²) in [5.41, 5.74) is 0.0856. The summed E-state index contributed by atoms with van der Waals surface area (Å²) in [6.07, 6.45) is -3.75. The maximum atomic E-state index is 12.1. The Morgan fingerprint density at radius 3 is 2.43 bits per heavy atom. The van der Waals surface area contributed by atoms with Crippen molar-refractivity contribution in [3.8, 4) is 5.75 Å². The lowest BCUT2D eigenvalue weighted by Crippen LogP contribution is -2.17. The van der Waals surface area contributed by atoms with Gasteiger partial charge < -0.3 is 15.4 Å². The molecule has 2 N–H and O–H groups in total. The summed E-state index contributed by atoms with van der Waals surface area (Å²) in [6, 6.07) is 4.87. The highest BCUT2D eigenvalue weighted by Crippen LogP contribution is 2.26. The lowest BCUT2D eigenvalue weighted by molar-refractivity contribution is -0.384. The SMILES string of the molecule is CNc1nc(Nc2ccc(OC(F)(F)F)cc2)ncc1[N+](=O)[O-]. The number of ether oxygens (including phenoxy) is 1. The molecule has 11 heteroatoms. The summed E-state index contributed by atoms with van der Waals surface area (Å²) >= 11 is 0. The Kier molecular flexibility index (Phi) is 4.48. The van der Waals surface area contributed by atoms with Crippen molar-refractivity contribution in [3.63, 3.8) is 0 Å². The molecule has 0 amide bonds. The van der Waals surface area contributed by atoms with Crippen molar-refractivity contribution >= 4 is 23.1 Å². The second-order valence-corrected chi connectivity index (χ2v) is 4.13. The van der Waals surface area contributed by atoms with E-state index in [1.807, 2.05) is 0 Å². The molecule has 0 atom stereocenters. The molecular weight excluding hydrogens is 319 g/mol. The third-order valence-electron chi connectivity index (χ3n) is 2.55. The zero-order chi connectivity index (χ0) is 17.0. The predicted molar refractivity (Wildman–Crippen MR) is 74.6 cm³/mol. The normalized spacial score (nSPS) is 11.0. The van der Waals surface area contributed by atoms with Crippen molar-refractivity contribution in [3.05, 3.63) is 40.6 Å². The first-order valence-corrected chi connectivity index (χ1v) is 6.10. The van der Waals surface area contributed by atoms with Crippen LogP contribution in [-0.2, 0) is 0 Å². The van der Waals surface area contributed by atoms with E-state index in [9.17, 15) is 23.3 Å². The second-order valence-electron chi connectivity index (χ2n) is 4.13. The van der Waals surface area contributed by atoms with Crippen LogP contribution in [0, 0.1) is 10.1 Å². The van der Waals surface area contributed by atoms with Gasteiger partial charge in [0.2, 0.25) is 11.8 Å². The zero-order valence-electron chi connectivity index (χ0n) is 11.6. The standard InChI is InChI=1S/C12H10F3N5O3/c1-16-10-9(20(21)22)6-17-11(19-10)18-7-2-4-8(5-3-7)23-12(13,14)15/h2-6H,1H3,(H2,16,17,18,19). The molecule has 1 heterocycles. The van der Waals surface area contributed by atoms with E-state index < -0.39 is 11.3 Å². The van der Waals surface area contributed by atoms with Gasteiger partial charge in [-0.25, -0.2) is 4.98 Å². The molecule has 0 aliphatic carbocycles. The number of alkyl halides is 3. The van der Waals surface area contributed by atoms with Crippen molar-refractivity contribution in [1.29, 1.82) is 0 Å². The number of hydrogen-bond donors (Lipinski definition) is 2. The van der Waals surface area contributed by atoms with Gasteiger partial charge in [0.25, 0.3) is 0 Å². The molecule has 0 unspecified atom stereocenters. The first-order valence-electron chi connectivity index (χ1n) is 6.10. The van der Waals surface area contributed by atoms with Crippen LogP contribution in [0.2, 0.25) is 0 Å². The summed E-state index contributed by atoms with van der Waals surface area (Å²) in [4.78, 5) is 17.8. The lowest BCUT2D eigenvalue weighted by Gasteiger charge is -2.10. The van der Waals surface area contributed by atoms with Crippen molar-refractivity contribution in [2.24, 2.45) is 0 Å². The molecule has 2 aromatic rings. The molecule has 0 saturated carbocycles. The topological polar surface area (TPSA) is 102 Å². The van der Waals surface area contributed by atoms with Gasteiger partial charge in [-0.2, -0.15) is 4.98 Å². The Morgan fingerprint density at radius 2 is 1.91 bits per heavy atom. The van der Waals surface area contributed by atoms with Gasteiger partial charge in [0.05, 0.1) is 4.92 Å². The van der Waals surface area contributed by atoms with E-state index in [1.165, 1.54) is 19.2 Å². The molecule has 23 heavy (non-hydrogen) atoms. The molecule has 0 aliphatic rings. The second kappa shape index (κ2) is 6.34. The Balaban J connectivity index is 2.14. The third-order valence-corrected chi connectivity index (χ3v) is 2.55. The summed E-state index contributed by atoms with van der Waals surface area (Å²) in [7, 11) is 1.46. The van der Waals surface area contributed by atoms with Crippen LogP contribution in [0.25, 0.3) is 0 Å². The average molecular weight is 329 g/mol. The molecule has 0 saturated heterocycles. The molecule has 2 rings (SSSR count). The molecule has 8 nitrogen and oxygen atoms in total. The van der Waals surface area contributed by atoms with Crippen molar-refractivity contribution in [1.82, 2.24) is 9.97 Å². The highest BCUT2D eigenvalue weighted by atomic mass is 19.4. The Hall–Kier alpha value is -3.11. The van der Waals surface area contributed by atoms with Crippen molar-refractivity contribution in [2.45, 2.75) is 6.36 Å². The van der Waals surface area contributed by atoms with Crippen LogP contribution in [0.5, 0.6) is 5.75 Å². The Labute approximate surface area is 127 Å². The van der Waals surface area contributed by atoms with Crippen LogP contribution in [0.15, 0.2) is 30.5 Å². The molecule has 0 radical (unpaired) electrons. The number of halogens is 3. The number of benzene rings is 1. The Bertz CT molecular complexity index is 706. The van der Waals surface area contributed by atoms with Crippen molar-refractivity contribution < 1.29 is 22.8 Å². The van der Waals surface area contributed by atoms with E-state index in [-0.39, 0.29) is 23.2 Å². The minimum atomic E-state index is -4.77. The smallest absolute Gasteiger partial charge is 0.406 e. The van der Waals surface area contributed by atoms with Gasteiger partial charge in [-0.1, -0.05) is 0 Å². The van der Waals surface area contributed by atoms with Gasteiger partial charge in [-0.05, 0) is 24.3 Å². The molecule has 0 fully saturated rings. The van der Waals surface area contributed by atoms with E-state index in [1.54, 1.807) is 0 Å². The minimum Gasteiger partial charge on any atom is -0.406 e. The van der Waals surface area contributed by atoms with Gasteiger partial charge >= 0.3 is 12.0 Å². The van der Waals surface area contributed by atoms with Crippen molar-refractivity contribution in [2.75, 3.05) is 17.7 Å². The van der Waals surface area contributed by atoms with Crippen LogP contribution < -0.4 is 15.4 Å². The van der Waals surface area contributed by atoms with E-state index in [0.29, 0.717) is 5.69 Å². The zero-order valence-corrected chi connectivity index (χ0v) is 11.6. The molecule has 0 aliphatic heterocycles. The maximum absolute atomic E-state index is 12.1. The molecule has 1 aromatic carbocycles. The maximum Gasteiger partial charge on any atom is 0.573 e. The van der Waals surface area contributed by atoms with Gasteiger partial charge in [0, 0.05) is 12.7 Å². The Morgan fingerprint density at radius 1 is 1.26 bits per heavy atom. The van der Waals surface area contributed by atoms with E-state index in [2.05, 4.69) is 25.3 Å². The van der Waals surface area contributed by atoms with Gasteiger partial charge in [0.1, 0.15) is 11.9 Å². The number of anilines is 3. The number of nitrogens with zero attached hydrogens (tertiary/aromatic N) is 3. The van der Waals surface area contributed by atoms with Gasteiger partial charge in [-0.3, -0.25) is 10.1 Å². The molecule has 1 aromatic heterocycles. The fourth-order valence-electron chi connectivity index (χ4n) is 1.62. The molecular formula is C12H10F3N5O3. The molecule has 0 bridgehead atoms. The highest BCUT2D eigenvalue weighted by molar-refractivity contribution is 5.60. The number of nitro groups is 1. The van der Waals surface area contributed by atoms with Crippen LogP contribution in [0.3, 0.4) is 0 Å². The van der Waals surface area contributed by atoms with Crippen LogP contribution in [-0.4, -0.2) is 28.3 Å². The summed E-state index contributed by atoms with van der Waals surface area (Å²) in [5.74, 6) is -0.322. The first kappa shape index (κ1) is 16.3. The summed E-state index contributed by atoms with van der Waals surface area (Å²) < 4.78 is 39.9.